The molecule has 2 aliphatic rings. The van der Waals surface area contributed by atoms with Crippen molar-refractivity contribution in [2.45, 2.75) is 31.8 Å². The molecule has 3 rings (SSSR count). The Balaban J connectivity index is 1.45. The molecule has 1 saturated heterocycles. The van der Waals surface area contributed by atoms with Gasteiger partial charge in [-0.1, -0.05) is 24.6 Å². The van der Waals surface area contributed by atoms with E-state index < -0.39 is 0 Å². The second-order valence-corrected chi connectivity index (χ2v) is 6.48. The molecular weight excluding hydrogens is 280 g/mol. The van der Waals surface area contributed by atoms with Crippen molar-refractivity contribution in [1.82, 2.24) is 4.90 Å². The summed E-state index contributed by atoms with van der Waals surface area (Å²) in [6.45, 7) is 0.894. The summed E-state index contributed by atoms with van der Waals surface area (Å²) in [5.41, 5.74) is 0.597. The van der Waals surface area contributed by atoms with Gasteiger partial charge < -0.3 is 10.1 Å². The summed E-state index contributed by atoms with van der Waals surface area (Å²) in [7, 11) is 1.88. The lowest BCUT2D eigenvalue weighted by atomic mass is 9.67. The van der Waals surface area contributed by atoms with Crippen molar-refractivity contribution in [3.05, 3.63) is 30.3 Å². The third-order valence-corrected chi connectivity index (χ3v) is 4.62. The minimum atomic E-state index is -0.197. The van der Waals surface area contributed by atoms with Gasteiger partial charge in [-0.05, 0) is 32.0 Å². The van der Waals surface area contributed by atoms with E-state index in [1.807, 2.05) is 42.3 Å². The van der Waals surface area contributed by atoms with Gasteiger partial charge in [0.25, 0.3) is 0 Å². The molecule has 1 aromatic rings. The summed E-state index contributed by atoms with van der Waals surface area (Å²) in [5, 5.41) is 2.86. The number of anilines is 1. The number of likely N-dealkylation sites (N-methyl/N-ethyl adjacent to an activating group) is 1. The van der Waals surface area contributed by atoms with Crippen molar-refractivity contribution in [3.8, 4) is 0 Å². The molecule has 5 nitrogen and oxygen atoms in total. The smallest absolute Gasteiger partial charge is 0.312 e. The van der Waals surface area contributed by atoms with Gasteiger partial charge in [-0.15, -0.1) is 0 Å². The first-order chi connectivity index (χ1) is 10.6. The molecule has 0 aromatic heterocycles. The molecule has 5 heteroatoms. The molecule has 1 atom stereocenters. The van der Waals surface area contributed by atoms with E-state index in [1.165, 1.54) is 0 Å². The molecule has 1 aromatic carbocycles. The summed E-state index contributed by atoms with van der Waals surface area (Å²) >= 11 is 0. The van der Waals surface area contributed by atoms with Gasteiger partial charge >= 0.3 is 5.97 Å². The van der Waals surface area contributed by atoms with Crippen molar-refractivity contribution in [3.63, 3.8) is 0 Å². The fourth-order valence-corrected chi connectivity index (χ4v) is 3.33. The number of nitrogens with zero attached hydrogens (tertiary/aromatic N) is 1. The highest BCUT2D eigenvalue weighted by molar-refractivity contribution is 5.92. The number of hydrogen-bond donors (Lipinski definition) is 1. The average molecular weight is 302 g/mol. The maximum absolute atomic E-state index is 12.0. The van der Waals surface area contributed by atoms with Gasteiger partial charge in [0.15, 0.2) is 0 Å². The molecule has 1 heterocycles. The normalized spacial score (nSPS) is 22.5. The van der Waals surface area contributed by atoms with Crippen LogP contribution in [0.3, 0.4) is 0 Å². The monoisotopic (exact) mass is 302 g/mol. The van der Waals surface area contributed by atoms with Crippen LogP contribution >= 0.6 is 0 Å². The lowest BCUT2D eigenvalue weighted by Gasteiger charge is -2.33. The van der Waals surface area contributed by atoms with Gasteiger partial charge in [0.05, 0.1) is 12.0 Å². The molecule has 1 aliphatic heterocycles. The fourth-order valence-electron chi connectivity index (χ4n) is 3.33. The molecule has 118 valence electrons. The van der Waals surface area contributed by atoms with E-state index in [0.717, 1.165) is 31.4 Å². The minimum absolute atomic E-state index is 0.0362. The molecule has 1 saturated carbocycles. The Morgan fingerprint density at radius 1 is 1.36 bits per heavy atom. The second-order valence-electron chi connectivity index (χ2n) is 6.48. The second kappa shape index (κ2) is 6.08. The van der Waals surface area contributed by atoms with Gasteiger partial charge in [-0.25, -0.2) is 0 Å². The Hall–Kier alpha value is -1.88. The van der Waals surface area contributed by atoms with Gasteiger partial charge in [-0.3, -0.25) is 14.5 Å². The zero-order valence-corrected chi connectivity index (χ0v) is 12.9. The number of esters is 1. The summed E-state index contributed by atoms with van der Waals surface area (Å²) in [5.74, 6) is -0.0951. The van der Waals surface area contributed by atoms with Crippen LogP contribution in [0.5, 0.6) is 0 Å². The summed E-state index contributed by atoms with van der Waals surface area (Å²) in [6, 6.07) is 9.39. The van der Waals surface area contributed by atoms with E-state index in [-0.39, 0.29) is 29.9 Å². The van der Waals surface area contributed by atoms with E-state index in [4.69, 9.17) is 4.74 Å². The number of carbonyl (C=O) groups is 2. The van der Waals surface area contributed by atoms with Crippen molar-refractivity contribution in [2.24, 2.45) is 5.41 Å². The largest absolute Gasteiger partial charge is 0.461 e. The summed E-state index contributed by atoms with van der Waals surface area (Å²) in [6.07, 6.45) is 3.76. The van der Waals surface area contributed by atoms with Crippen LogP contribution in [0.25, 0.3) is 0 Å². The van der Waals surface area contributed by atoms with E-state index in [9.17, 15) is 9.59 Å². The summed E-state index contributed by atoms with van der Waals surface area (Å²) < 4.78 is 5.48. The highest BCUT2D eigenvalue weighted by Crippen LogP contribution is 2.50. The maximum Gasteiger partial charge on any atom is 0.312 e. The van der Waals surface area contributed by atoms with E-state index >= 15 is 0 Å². The molecule has 2 fully saturated rings. The molecule has 1 amide bonds. The Morgan fingerprint density at radius 3 is 2.68 bits per heavy atom. The van der Waals surface area contributed by atoms with Crippen LogP contribution in [0.1, 0.15) is 25.7 Å². The molecule has 22 heavy (non-hydrogen) atoms. The number of amides is 1. The number of rotatable bonds is 5. The number of benzene rings is 1. The topological polar surface area (TPSA) is 58.6 Å². The predicted molar refractivity (Wildman–Crippen MR) is 83.3 cm³/mol. The SMILES string of the molecule is CN(CC(=O)Nc1ccccc1)CC1CC2(CCC2)C(=O)O1. The number of hydrogen-bond acceptors (Lipinski definition) is 4. The number of nitrogens with one attached hydrogen (secondary N) is 1. The first-order valence-corrected chi connectivity index (χ1v) is 7.82. The molecule has 1 N–H and O–H groups in total. The molecule has 1 aliphatic carbocycles. The van der Waals surface area contributed by atoms with Crippen molar-refractivity contribution in [2.75, 3.05) is 25.5 Å². The molecular formula is C17H22N2O3. The molecule has 1 unspecified atom stereocenters. The maximum atomic E-state index is 12.0. The van der Waals surface area contributed by atoms with Gasteiger partial charge in [0.1, 0.15) is 6.10 Å². The zero-order valence-electron chi connectivity index (χ0n) is 12.9. The van der Waals surface area contributed by atoms with Crippen LogP contribution in [-0.4, -0.2) is 43.0 Å². The van der Waals surface area contributed by atoms with Crippen LogP contribution in [0.4, 0.5) is 5.69 Å². The minimum Gasteiger partial charge on any atom is -0.461 e. The van der Waals surface area contributed by atoms with E-state index in [0.29, 0.717) is 6.54 Å². The highest BCUT2D eigenvalue weighted by atomic mass is 16.6. The number of cyclic esters (lactones) is 1. The van der Waals surface area contributed by atoms with Crippen LogP contribution in [0.2, 0.25) is 0 Å². The number of ether oxygens (including phenoxy) is 1. The predicted octanol–water partition coefficient (Wildman–Crippen LogP) is 2.04. The first-order valence-electron chi connectivity index (χ1n) is 7.82. The number of para-hydroxylation sites is 1. The first kappa shape index (κ1) is 15.0. The van der Waals surface area contributed by atoms with Crippen molar-refractivity contribution in [1.29, 1.82) is 0 Å². The third-order valence-electron chi connectivity index (χ3n) is 4.62. The van der Waals surface area contributed by atoms with Gasteiger partial charge in [0.2, 0.25) is 5.91 Å². The standard InChI is InChI=1S/C17H22N2O3/c1-19(12-15(20)18-13-6-3-2-4-7-13)11-14-10-17(8-5-9-17)16(21)22-14/h2-4,6-7,14H,5,8-12H2,1H3,(H,18,20). The van der Waals surface area contributed by atoms with E-state index in [1.54, 1.807) is 0 Å². The Labute approximate surface area is 130 Å². The van der Waals surface area contributed by atoms with E-state index in [2.05, 4.69) is 5.32 Å². The van der Waals surface area contributed by atoms with Gasteiger partial charge in [0, 0.05) is 18.7 Å². The molecule has 1 spiro atoms. The van der Waals surface area contributed by atoms with Crippen molar-refractivity contribution < 1.29 is 14.3 Å². The Morgan fingerprint density at radius 2 is 2.09 bits per heavy atom. The number of carbonyl (C=O) groups excluding carboxylic acids is 2. The summed E-state index contributed by atoms with van der Waals surface area (Å²) in [4.78, 5) is 25.8. The van der Waals surface area contributed by atoms with Crippen LogP contribution in [-0.2, 0) is 14.3 Å². The Bertz CT molecular complexity index is 554. The lowest BCUT2D eigenvalue weighted by Crippen LogP contribution is -2.36. The van der Waals surface area contributed by atoms with Crippen molar-refractivity contribution >= 4 is 17.6 Å². The van der Waals surface area contributed by atoms with Crippen LogP contribution < -0.4 is 5.32 Å². The quantitative estimate of drug-likeness (QED) is 0.846. The highest BCUT2D eigenvalue weighted by Gasteiger charge is 2.52. The zero-order chi connectivity index (χ0) is 15.6. The molecule has 0 bridgehead atoms. The lowest BCUT2D eigenvalue weighted by molar-refractivity contribution is -0.152. The van der Waals surface area contributed by atoms with Gasteiger partial charge in [-0.2, -0.15) is 0 Å². The fraction of sp³-hybridized carbons (Fsp3) is 0.529. The molecule has 0 radical (unpaired) electrons. The third kappa shape index (κ3) is 3.14. The van der Waals surface area contributed by atoms with Crippen LogP contribution in [0.15, 0.2) is 30.3 Å². The van der Waals surface area contributed by atoms with Crippen LogP contribution in [0, 0.1) is 5.41 Å². The Kier molecular flexibility index (Phi) is 4.16. The average Bonchev–Trinajstić information content (AvgIpc) is 2.76.